The largest absolute Gasteiger partial charge is 0.355 e. The van der Waals surface area contributed by atoms with E-state index in [-0.39, 0.29) is 5.41 Å². The second-order valence-corrected chi connectivity index (χ2v) is 7.12. The monoisotopic (exact) mass is 262 g/mol. The molecule has 5 nitrogen and oxygen atoms in total. The average Bonchev–Trinajstić information content (AvgIpc) is 2.25. The minimum absolute atomic E-state index is 0.0887. The topological polar surface area (TPSA) is 75.3 Å². The van der Waals surface area contributed by atoms with Gasteiger partial charge in [0.25, 0.3) is 0 Å². The van der Waals surface area contributed by atoms with E-state index in [0.717, 1.165) is 38.6 Å². The van der Waals surface area contributed by atoms with E-state index in [0.29, 0.717) is 6.54 Å². The first-order chi connectivity index (χ1) is 7.87. The van der Waals surface area contributed by atoms with Gasteiger partial charge in [-0.3, -0.25) is 4.79 Å². The molecule has 0 aliphatic carbocycles. The number of hydrogen-bond acceptors (Lipinski definition) is 4. The Morgan fingerprint density at radius 3 is 2.65 bits per heavy atom. The van der Waals surface area contributed by atoms with Gasteiger partial charge in [-0.25, -0.2) is 8.42 Å². The number of carbonyl (C=O) groups is 1. The van der Waals surface area contributed by atoms with Gasteiger partial charge in [-0.05, 0) is 31.2 Å². The Bertz CT molecular complexity index is 359. The normalized spacial score (nSPS) is 25.5. The molecular weight excluding hydrogens is 240 g/mol. The first kappa shape index (κ1) is 14.4. The molecule has 17 heavy (non-hydrogen) atoms. The van der Waals surface area contributed by atoms with Crippen molar-refractivity contribution in [2.45, 2.75) is 26.2 Å². The van der Waals surface area contributed by atoms with Crippen LogP contribution in [-0.4, -0.2) is 46.0 Å². The zero-order valence-corrected chi connectivity index (χ0v) is 11.4. The smallest absolute Gasteiger partial charge is 0.235 e. The van der Waals surface area contributed by atoms with Crippen LogP contribution >= 0.6 is 0 Å². The van der Waals surface area contributed by atoms with E-state index in [2.05, 4.69) is 17.6 Å². The molecule has 1 unspecified atom stereocenters. The van der Waals surface area contributed by atoms with Crippen LogP contribution in [0, 0.1) is 5.41 Å². The molecule has 1 aliphatic heterocycles. The second-order valence-electron chi connectivity index (χ2n) is 4.98. The second kappa shape index (κ2) is 5.82. The third-order valence-electron chi connectivity index (χ3n) is 3.36. The highest BCUT2D eigenvalue weighted by Gasteiger charge is 2.30. The van der Waals surface area contributed by atoms with Crippen LogP contribution in [0.15, 0.2) is 0 Å². The summed E-state index contributed by atoms with van der Waals surface area (Å²) >= 11 is 0. The molecule has 6 heteroatoms. The summed E-state index contributed by atoms with van der Waals surface area (Å²) in [6, 6.07) is 0. The molecule has 0 aromatic heterocycles. The van der Waals surface area contributed by atoms with E-state index >= 15 is 0 Å². The van der Waals surface area contributed by atoms with Crippen LogP contribution < -0.4 is 10.6 Å². The highest BCUT2D eigenvalue weighted by atomic mass is 32.2. The molecule has 1 saturated heterocycles. The van der Waals surface area contributed by atoms with Gasteiger partial charge >= 0.3 is 0 Å². The van der Waals surface area contributed by atoms with Crippen molar-refractivity contribution in [3.63, 3.8) is 0 Å². The summed E-state index contributed by atoms with van der Waals surface area (Å²) in [5, 5.41) is 6.07. The molecule has 100 valence electrons. The van der Waals surface area contributed by atoms with Crippen LogP contribution in [0.1, 0.15) is 26.2 Å². The highest BCUT2D eigenvalue weighted by Crippen LogP contribution is 2.28. The third kappa shape index (κ3) is 5.04. The molecule has 1 fully saturated rings. The van der Waals surface area contributed by atoms with Gasteiger partial charge in [0.2, 0.25) is 5.91 Å². The standard InChI is InChI=1S/C11H22N2O3S/c1-3-11(5-4-6-12-8-11)9-13-10(14)7-17(2,15)16/h12H,3-9H2,1-2H3,(H,13,14). The lowest BCUT2D eigenvalue weighted by Crippen LogP contribution is -2.48. The van der Waals surface area contributed by atoms with Gasteiger partial charge in [-0.2, -0.15) is 0 Å². The zero-order chi connectivity index (χ0) is 12.9. The fourth-order valence-electron chi connectivity index (χ4n) is 2.18. The number of piperidine rings is 1. The van der Waals surface area contributed by atoms with Gasteiger partial charge in [-0.15, -0.1) is 0 Å². The van der Waals surface area contributed by atoms with E-state index in [4.69, 9.17) is 0 Å². The van der Waals surface area contributed by atoms with Gasteiger partial charge in [0.15, 0.2) is 9.84 Å². The number of sulfone groups is 1. The third-order valence-corrected chi connectivity index (χ3v) is 4.15. The van der Waals surface area contributed by atoms with Crippen molar-refractivity contribution in [3.05, 3.63) is 0 Å². The SMILES string of the molecule is CCC1(CNC(=O)CS(C)(=O)=O)CCCNC1. The molecule has 0 radical (unpaired) electrons. The molecule has 0 aromatic carbocycles. The molecule has 1 aliphatic rings. The quantitative estimate of drug-likeness (QED) is 0.727. The molecule has 0 bridgehead atoms. The summed E-state index contributed by atoms with van der Waals surface area (Å²) in [6.45, 7) is 4.59. The van der Waals surface area contributed by atoms with Crippen molar-refractivity contribution in [2.75, 3.05) is 31.6 Å². The summed E-state index contributed by atoms with van der Waals surface area (Å²) in [6.07, 6.45) is 4.24. The van der Waals surface area contributed by atoms with E-state index < -0.39 is 21.5 Å². The lowest BCUT2D eigenvalue weighted by Gasteiger charge is -2.37. The van der Waals surface area contributed by atoms with Crippen LogP contribution in [0.4, 0.5) is 0 Å². The van der Waals surface area contributed by atoms with Crippen molar-refractivity contribution >= 4 is 15.7 Å². The van der Waals surface area contributed by atoms with E-state index in [1.54, 1.807) is 0 Å². The van der Waals surface area contributed by atoms with Crippen LogP contribution in [0.2, 0.25) is 0 Å². The Morgan fingerprint density at radius 2 is 2.18 bits per heavy atom. The summed E-state index contributed by atoms with van der Waals surface area (Å²) in [5.41, 5.74) is 0.0887. The van der Waals surface area contributed by atoms with Crippen LogP contribution in [-0.2, 0) is 14.6 Å². The molecule has 0 saturated carbocycles. The maximum absolute atomic E-state index is 11.4. The fraction of sp³-hybridized carbons (Fsp3) is 0.909. The van der Waals surface area contributed by atoms with E-state index in [1.165, 1.54) is 0 Å². The molecule has 0 aromatic rings. The molecule has 1 heterocycles. The van der Waals surface area contributed by atoms with Crippen molar-refractivity contribution in [3.8, 4) is 0 Å². The molecule has 2 N–H and O–H groups in total. The molecule has 0 spiro atoms. The Morgan fingerprint density at radius 1 is 1.47 bits per heavy atom. The van der Waals surface area contributed by atoms with Crippen molar-refractivity contribution in [1.29, 1.82) is 0 Å². The summed E-state index contributed by atoms with van der Waals surface area (Å²) in [5.74, 6) is -0.814. The van der Waals surface area contributed by atoms with E-state index in [9.17, 15) is 13.2 Å². The number of rotatable bonds is 5. The Balaban J connectivity index is 2.45. The molecule has 1 rings (SSSR count). The van der Waals surface area contributed by atoms with Gasteiger partial charge in [-0.1, -0.05) is 6.92 Å². The minimum Gasteiger partial charge on any atom is -0.355 e. The van der Waals surface area contributed by atoms with Crippen LogP contribution in [0.5, 0.6) is 0 Å². The van der Waals surface area contributed by atoms with Gasteiger partial charge in [0.05, 0.1) is 0 Å². The molecule has 1 atom stereocenters. The van der Waals surface area contributed by atoms with Crippen LogP contribution in [0.25, 0.3) is 0 Å². The van der Waals surface area contributed by atoms with Crippen molar-refractivity contribution < 1.29 is 13.2 Å². The van der Waals surface area contributed by atoms with E-state index in [1.807, 2.05) is 0 Å². The maximum Gasteiger partial charge on any atom is 0.235 e. The lowest BCUT2D eigenvalue weighted by atomic mass is 9.78. The van der Waals surface area contributed by atoms with Crippen molar-refractivity contribution in [1.82, 2.24) is 10.6 Å². The van der Waals surface area contributed by atoms with Gasteiger partial charge < -0.3 is 10.6 Å². The molecular formula is C11H22N2O3S. The lowest BCUT2D eigenvalue weighted by molar-refractivity contribution is -0.119. The average molecular weight is 262 g/mol. The number of hydrogen-bond donors (Lipinski definition) is 2. The van der Waals surface area contributed by atoms with Crippen LogP contribution in [0.3, 0.4) is 0 Å². The van der Waals surface area contributed by atoms with Gasteiger partial charge in [0.1, 0.15) is 5.75 Å². The number of carbonyl (C=O) groups excluding carboxylic acids is 1. The number of nitrogens with one attached hydrogen (secondary N) is 2. The maximum atomic E-state index is 11.4. The first-order valence-corrected chi connectivity index (χ1v) is 8.08. The first-order valence-electron chi connectivity index (χ1n) is 6.02. The predicted octanol–water partition coefficient (Wildman–Crippen LogP) is -0.0730. The highest BCUT2D eigenvalue weighted by molar-refractivity contribution is 7.91. The molecule has 1 amide bonds. The summed E-state index contributed by atoms with van der Waals surface area (Å²) in [4.78, 5) is 11.4. The minimum atomic E-state index is -3.23. The fourth-order valence-corrected chi connectivity index (χ4v) is 2.76. The Labute approximate surface area is 103 Å². The van der Waals surface area contributed by atoms with Gasteiger partial charge in [0, 0.05) is 19.3 Å². The Kier molecular flexibility index (Phi) is 4.94. The summed E-state index contributed by atoms with van der Waals surface area (Å²) in [7, 11) is -3.23. The predicted molar refractivity (Wildman–Crippen MR) is 67.5 cm³/mol. The number of amides is 1. The Hall–Kier alpha value is -0.620. The van der Waals surface area contributed by atoms with Crippen molar-refractivity contribution in [2.24, 2.45) is 5.41 Å². The summed E-state index contributed by atoms with van der Waals surface area (Å²) < 4.78 is 21.9. The zero-order valence-electron chi connectivity index (χ0n) is 10.6.